The minimum absolute atomic E-state index is 0.139. The smallest absolute Gasteiger partial charge is 0.327 e. The highest BCUT2D eigenvalue weighted by atomic mass is 35.5. The van der Waals surface area contributed by atoms with E-state index in [1.165, 1.54) is 31.2 Å². The number of benzene rings is 1. The molecule has 1 aromatic carbocycles. The summed E-state index contributed by atoms with van der Waals surface area (Å²) in [5.74, 6) is -1.51. The number of methoxy groups -OCH3 is 1. The van der Waals surface area contributed by atoms with Crippen LogP contribution in [0.1, 0.15) is 28.7 Å². The van der Waals surface area contributed by atoms with Crippen molar-refractivity contribution in [1.82, 2.24) is 9.29 Å². The summed E-state index contributed by atoms with van der Waals surface area (Å²) < 4.78 is 39.2. The van der Waals surface area contributed by atoms with Crippen molar-refractivity contribution >= 4 is 33.4 Å². The van der Waals surface area contributed by atoms with E-state index in [0.29, 0.717) is 29.4 Å². The third kappa shape index (κ3) is 6.39. The molecule has 0 aliphatic carbocycles. The molecule has 2 aromatic rings. The first-order valence-corrected chi connectivity index (χ1v) is 11.7. The van der Waals surface area contributed by atoms with Gasteiger partial charge in [0.05, 0.1) is 17.6 Å². The summed E-state index contributed by atoms with van der Waals surface area (Å²) in [6.45, 7) is 5.30. The van der Waals surface area contributed by atoms with Gasteiger partial charge in [0.1, 0.15) is 6.04 Å². The zero-order chi connectivity index (χ0) is 24.1. The summed E-state index contributed by atoms with van der Waals surface area (Å²) in [6, 6.07) is 5.38. The Hall–Kier alpha value is -2.24. The van der Waals surface area contributed by atoms with Crippen LogP contribution < -0.4 is 4.72 Å². The molecule has 0 fully saturated rings. The van der Waals surface area contributed by atoms with Crippen molar-refractivity contribution in [3.8, 4) is 0 Å². The van der Waals surface area contributed by atoms with Crippen molar-refractivity contribution in [2.24, 2.45) is 0 Å². The van der Waals surface area contributed by atoms with E-state index in [9.17, 15) is 23.1 Å². The average molecular weight is 487 g/mol. The molecule has 9 nitrogen and oxygen atoms in total. The zero-order valence-corrected chi connectivity index (χ0v) is 19.9. The van der Waals surface area contributed by atoms with E-state index < -0.39 is 40.5 Å². The Labute approximate surface area is 192 Å². The second-order valence-electron chi connectivity index (χ2n) is 7.25. The van der Waals surface area contributed by atoms with Gasteiger partial charge in [0.15, 0.2) is 6.61 Å². The SMILES string of the molecule is COCCn1c(C)cc(C(=O)COC(=O)[C@H](NS(=O)(=O)c2ccc(Cl)cc2)[C@@H](C)O)c1C. The number of Topliss-reactive ketones (excluding diaryl/α,β-unsaturated/α-hetero) is 1. The van der Waals surface area contributed by atoms with Crippen LogP contribution in [-0.2, 0) is 30.8 Å². The fraction of sp³-hybridized carbons (Fsp3) is 0.429. The monoisotopic (exact) mass is 486 g/mol. The van der Waals surface area contributed by atoms with Gasteiger partial charge < -0.3 is 19.1 Å². The molecule has 176 valence electrons. The third-order valence-corrected chi connectivity index (χ3v) is 6.59. The number of aliphatic hydroxyl groups is 1. The van der Waals surface area contributed by atoms with Gasteiger partial charge in [-0.1, -0.05) is 11.6 Å². The first-order chi connectivity index (χ1) is 15.0. The van der Waals surface area contributed by atoms with E-state index in [-0.39, 0.29) is 4.90 Å². The number of aryl methyl sites for hydroxylation is 1. The summed E-state index contributed by atoms with van der Waals surface area (Å²) in [7, 11) is -2.56. The maximum absolute atomic E-state index is 12.6. The van der Waals surface area contributed by atoms with Gasteiger partial charge in [-0.3, -0.25) is 9.59 Å². The number of carbonyl (C=O) groups excluding carboxylic acids is 2. The van der Waals surface area contributed by atoms with E-state index in [1.54, 1.807) is 20.1 Å². The fourth-order valence-corrected chi connectivity index (χ4v) is 4.49. The molecule has 0 aliphatic heterocycles. The largest absolute Gasteiger partial charge is 0.456 e. The van der Waals surface area contributed by atoms with Crippen molar-refractivity contribution in [3.63, 3.8) is 0 Å². The molecule has 0 radical (unpaired) electrons. The van der Waals surface area contributed by atoms with Gasteiger partial charge in [-0.15, -0.1) is 0 Å². The molecule has 0 spiro atoms. The Bertz CT molecular complexity index is 1060. The molecule has 1 heterocycles. The predicted octanol–water partition coefficient (Wildman–Crippen LogP) is 1.86. The minimum Gasteiger partial charge on any atom is -0.456 e. The Balaban J connectivity index is 2.09. The number of esters is 1. The van der Waals surface area contributed by atoms with E-state index >= 15 is 0 Å². The number of carbonyl (C=O) groups is 2. The molecule has 0 unspecified atom stereocenters. The van der Waals surface area contributed by atoms with Gasteiger partial charge in [0.2, 0.25) is 15.8 Å². The Morgan fingerprint density at radius 2 is 1.84 bits per heavy atom. The molecule has 0 saturated carbocycles. The second-order valence-corrected chi connectivity index (χ2v) is 9.40. The van der Waals surface area contributed by atoms with Crippen molar-refractivity contribution in [1.29, 1.82) is 0 Å². The molecular formula is C21H27ClN2O7S. The summed E-state index contributed by atoms with van der Waals surface area (Å²) in [4.78, 5) is 24.9. The topological polar surface area (TPSA) is 124 Å². The van der Waals surface area contributed by atoms with Crippen molar-refractivity contribution in [2.45, 2.75) is 44.4 Å². The molecule has 0 saturated heterocycles. The number of ether oxygens (including phenoxy) is 2. The van der Waals surface area contributed by atoms with Gasteiger partial charge in [0, 0.05) is 35.6 Å². The first kappa shape index (κ1) is 26.0. The molecule has 32 heavy (non-hydrogen) atoms. The normalized spacial score (nSPS) is 13.6. The zero-order valence-electron chi connectivity index (χ0n) is 18.3. The van der Waals surface area contributed by atoms with Crippen LogP contribution in [0.5, 0.6) is 0 Å². The summed E-state index contributed by atoms with van der Waals surface area (Å²) >= 11 is 5.77. The van der Waals surface area contributed by atoms with Crippen LogP contribution in [0.3, 0.4) is 0 Å². The van der Waals surface area contributed by atoms with E-state index in [4.69, 9.17) is 21.1 Å². The lowest BCUT2D eigenvalue weighted by atomic mass is 10.1. The standard InChI is InChI=1S/C21H27ClN2O7S/c1-13-11-18(14(2)24(13)9-10-30-4)19(26)12-31-21(27)20(15(3)25)23-32(28,29)17-7-5-16(22)6-8-17/h5-8,11,15,20,23,25H,9-10,12H2,1-4H3/t15-,20-/m1/s1. The van der Waals surface area contributed by atoms with Crippen LogP contribution in [0.15, 0.2) is 35.2 Å². The highest BCUT2D eigenvalue weighted by Gasteiger charge is 2.31. The number of halogens is 1. The van der Waals surface area contributed by atoms with E-state index in [1.807, 2.05) is 11.5 Å². The maximum Gasteiger partial charge on any atom is 0.327 e. The minimum atomic E-state index is -4.14. The van der Waals surface area contributed by atoms with Crippen LogP contribution >= 0.6 is 11.6 Å². The van der Waals surface area contributed by atoms with E-state index in [2.05, 4.69) is 4.72 Å². The molecule has 2 rings (SSSR count). The lowest BCUT2D eigenvalue weighted by Gasteiger charge is -2.20. The Morgan fingerprint density at radius 1 is 1.22 bits per heavy atom. The first-order valence-electron chi connectivity index (χ1n) is 9.79. The highest BCUT2D eigenvalue weighted by Crippen LogP contribution is 2.17. The maximum atomic E-state index is 12.6. The average Bonchev–Trinajstić information content (AvgIpc) is 3.02. The number of aromatic nitrogens is 1. The summed E-state index contributed by atoms with van der Waals surface area (Å²) in [5.41, 5.74) is 1.95. The lowest BCUT2D eigenvalue weighted by molar-refractivity contribution is -0.147. The molecule has 11 heteroatoms. The van der Waals surface area contributed by atoms with Crippen molar-refractivity contribution in [3.05, 3.63) is 52.3 Å². The molecule has 0 aliphatic rings. The third-order valence-electron chi connectivity index (χ3n) is 4.88. The van der Waals surface area contributed by atoms with Crippen LogP contribution in [-0.4, -0.2) is 62.3 Å². The number of ketones is 1. The summed E-state index contributed by atoms with van der Waals surface area (Å²) in [6.07, 6.45) is -1.40. The van der Waals surface area contributed by atoms with Gasteiger partial charge in [0.25, 0.3) is 0 Å². The fourth-order valence-electron chi connectivity index (χ4n) is 3.11. The van der Waals surface area contributed by atoms with Crippen molar-refractivity contribution < 1.29 is 32.6 Å². The Kier molecular flexibility index (Phi) is 8.99. The highest BCUT2D eigenvalue weighted by molar-refractivity contribution is 7.89. The molecule has 2 atom stereocenters. The van der Waals surface area contributed by atoms with Crippen LogP contribution in [0, 0.1) is 13.8 Å². The van der Waals surface area contributed by atoms with Crippen molar-refractivity contribution in [2.75, 3.05) is 20.3 Å². The number of aliphatic hydroxyl groups excluding tert-OH is 1. The van der Waals surface area contributed by atoms with E-state index in [0.717, 1.165) is 5.69 Å². The number of hydrogen-bond donors (Lipinski definition) is 2. The Morgan fingerprint density at radius 3 is 2.41 bits per heavy atom. The van der Waals surface area contributed by atoms with Gasteiger partial charge in [-0.2, -0.15) is 4.72 Å². The molecule has 1 aromatic heterocycles. The second kappa shape index (κ2) is 11.1. The predicted molar refractivity (Wildman–Crippen MR) is 118 cm³/mol. The number of nitrogens with one attached hydrogen (secondary N) is 1. The molecular weight excluding hydrogens is 460 g/mol. The number of rotatable bonds is 11. The number of sulfonamides is 1. The molecule has 0 amide bonds. The van der Waals surface area contributed by atoms with Crippen LogP contribution in [0.2, 0.25) is 5.02 Å². The number of hydrogen-bond acceptors (Lipinski definition) is 7. The number of nitrogens with zero attached hydrogens (tertiary/aromatic N) is 1. The van der Waals surface area contributed by atoms with Crippen LogP contribution in [0.25, 0.3) is 0 Å². The quantitative estimate of drug-likeness (QED) is 0.367. The van der Waals surface area contributed by atoms with Gasteiger partial charge >= 0.3 is 5.97 Å². The lowest BCUT2D eigenvalue weighted by Crippen LogP contribution is -2.48. The van der Waals surface area contributed by atoms with Gasteiger partial charge in [-0.25, -0.2) is 8.42 Å². The molecule has 2 N–H and O–H groups in total. The van der Waals surface area contributed by atoms with Crippen LogP contribution in [0.4, 0.5) is 0 Å². The molecule has 0 bridgehead atoms. The summed E-state index contributed by atoms with van der Waals surface area (Å²) in [5, 5.41) is 10.3. The van der Waals surface area contributed by atoms with Gasteiger partial charge in [-0.05, 0) is 51.1 Å².